The van der Waals surface area contributed by atoms with Gasteiger partial charge in [-0.25, -0.2) is 13.4 Å². The lowest BCUT2D eigenvalue weighted by molar-refractivity contribution is 0.0995. The third-order valence-corrected chi connectivity index (χ3v) is 8.85. The first-order valence-electron chi connectivity index (χ1n) is 14.2. The van der Waals surface area contributed by atoms with Crippen molar-refractivity contribution in [3.8, 4) is 5.88 Å². The average molecular weight is 599 g/mol. The summed E-state index contributed by atoms with van der Waals surface area (Å²) < 4.78 is 35.8. The number of hydrogen-bond donors (Lipinski definition) is 2. The third kappa shape index (κ3) is 6.94. The lowest BCUT2D eigenvalue weighted by Crippen LogP contribution is -2.48. The van der Waals surface area contributed by atoms with E-state index in [4.69, 9.17) is 10.5 Å². The maximum absolute atomic E-state index is 13.8. The Kier molecular flexibility index (Phi) is 10.2. The number of carbonyl (C=O) groups excluding carboxylic acids is 2. The number of primary amides is 1. The van der Waals surface area contributed by atoms with Gasteiger partial charge in [0, 0.05) is 32.4 Å². The number of nitrogens with two attached hydrogens (primary N) is 1. The van der Waals surface area contributed by atoms with Crippen LogP contribution in [-0.2, 0) is 23.0 Å². The second kappa shape index (κ2) is 13.9. The van der Waals surface area contributed by atoms with E-state index < -0.39 is 21.8 Å². The number of likely N-dealkylation sites (N-methyl/N-ethyl adjacent to an activating group) is 1. The molecule has 0 bridgehead atoms. The zero-order chi connectivity index (χ0) is 30.3. The smallest absolute Gasteiger partial charge is 0.271 e. The number of nitrogens with one attached hydrogen (secondary N) is 1. The summed E-state index contributed by atoms with van der Waals surface area (Å²) in [5.41, 5.74) is 6.95. The second-order valence-electron chi connectivity index (χ2n) is 9.93. The monoisotopic (exact) mass is 598 g/mol. The standard InChI is InChI=1S/C28H38N8O5S/c1-4-9-23-24(25(26(29)37)33-36(23)19-20-10-7-8-11-30-20)32-27(38)22-17-21(18-31-28(22)41-16-5-2)42(39,40)35-14-12-34(6-3)13-15-35/h7-8,10-11,17-18H,4-6,9,12-16,19H2,1-3H3,(H2,29,37)(H,32,38). The van der Waals surface area contributed by atoms with Crippen LogP contribution in [0, 0.1) is 0 Å². The normalized spacial score (nSPS) is 14.5. The van der Waals surface area contributed by atoms with Gasteiger partial charge in [-0.1, -0.05) is 33.3 Å². The van der Waals surface area contributed by atoms with Crippen LogP contribution in [0.25, 0.3) is 0 Å². The number of carbonyl (C=O) groups is 2. The Morgan fingerprint density at radius 2 is 1.83 bits per heavy atom. The predicted molar refractivity (Wildman–Crippen MR) is 157 cm³/mol. The molecule has 1 aliphatic heterocycles. The highest BCUT2D eigenvalue weighted by Gasteiger charge is 2.31. The quantitative estimate of drug-likeness (QED) is 0.300. The summed E-state index contributed by atoms with van der Waals surface area (Å²) in [6.07, 6.45) is 4.70. The molecule has 3 aromatic rings. The summed E-state index contributed by atoms with van der Waals surface area (Å²) in [6, 6.07) is 6.75. The Hall–Kier alpha value is -3.88. The van der Waals surface area contributed by atoms with Gasteiger partial charge < -0.3 is 20.7 Å². The molecular formula is C28H38N8O5S. The van der Waals surface area contributed by atoms with E-state index in [1.807, 2.05) is 32.9 Å². The maximum atomic E-state index is 13.8. The first-order chi connectivity index (χ1) is 20.2. The zero-order valence-electron chi connectivity index (χ0n) is 24.2. The van der Waals surface area contributed by atoms with Crippen LogP contribution in [-0.4, -0.2) is 88.5 Å². The van der Waals surface area contributed by atoms with Gasteiger partial charge in [0.05, 0.1) is 36.4 Å². The first-order valence-corrected chi connectivity index (χ1v) is 15.6. The number of nitrogens with zero attached hydrogens (tertiary/aromatic N) is 6. The molecule has 4 heterocycles. The van der Waals surface area contributed by atoms with Crippen molar-refractivity contribution in [2.24, 2.45) is 5.73 Å². The largest absolute Gasteiger partial charge is 0.477 e. The van der Waals surface area contributed by atoms with Crippen LogP contribution in [0.5, 0.6) is 5.88 Å². The Morgan fingerprint density at radius 3 is 2.45 bits per heavy atom. The van der Waals surface area contributed by atoms with Gasteiger partial charge in [-0.3, -0.25) is 19.3 Å². The number of amides is 2. The molecule has 0 aliphatic carbocycles. The van der Waals surface area contributed by atoms with Crippen molar-refractivity contribution in [2.75, 3.05) is 44.6 Å². The Morgan fingerprint density at radius 1 is 1.07 bits per heavy atom. The molecule has 0 radical (unpaired) electrons. The highest BCUT2D eigenvalue weighted by Crippen LogP contribution is 2.28. The van der Waals surface area contributed by atoms with E-state index in [0.29, 0.717) is 56.8 Å². The minimum atomic E-state index is -3.92. The van der Waals surface area contributed by atoms with Crippen LogP contribution in [0.15, 0.2) is 41.6 Å². The molecule has 13 nitrogen and oxygen atoms in total. The van der Waals surface area contributed by atoms with E-state index in [0.717, 1.165) is 6.54 Å². The lowest BCUT2D eigenvalue weighted by atomic mass is 10.1. The fourth-order valence-electron chi connectivity index (χ4n) is 4.73. The van der Waals surface area contributed by atoms with Crippen molar-refractivity contribution < 1.29 is 22.7 Å². The minimum Gasteiger partial charge on any atom is -0.477 e. The highest BCUT2D eigenvalue weighted by molar-refractivity contribution is 7.89. The predicted octanol–water partition coefficient (Wildman–Crippen LogP) is 2.14. The van der Waals surface area contributed by atoms with Crippen molar-refractivity contribution >= 4 is 27.5 Å². The fraction of sp³-hybridized carbons (Fsp3) is 0.464. The number of rotatable bonds is 13. The molecule has 0 aromatic carbocycles. The molecule has 0 unspecified atom stereocenters. The van der Waals surface area contributed by atoms with Crippen LogP contribution >= 0.6 is 0 Å². The molecule has 3 aromatic heterocycles. The average Bonchev–Trinajstić information content (AvgIpc) is 3.33. The molecule has 14 heteroatoms. The number of pyridine rings is 2. The summed E-state index contributed by atoms with van der Waals surface area (Å²) >= 11 is 0. The fourth-order valence-corrected chi connectivity index (χ4v) is 6.13. The van der Waals surface area contributed by atoms with E-state index >= 15 is 0 Å². The van der Waals surface area contributed by atoms with E-state index in [-0.39, 0.29) is 40.9 Å². The van der Waals surface area contributed by atoms with Crippen LogP contribution < -0.4 is 15.8 Å². The Bertz CT molecular complexity index is 1500. The van der Waals surface area contributed by atoms with Gasteiger partial charge in [-0.05, 0) is 37.6 Å². The van der Waals surface area contributed by atoms with Gasteiger partial charge in [0.2, 0.25) is 15.9 Å². The first kappa shape index (κ1) is 31.1. The molecule has 1 saturated heterocycles. The number of ether oxygens (including phenoxy) is 1. The van der Waals surface area contributed by atoms with Crippen LogP contribution in [0.2, 0.25) is 0 Å². The van der Waals surface area contributed by atoms with Crippen molar-refractivity contribution in [3.05, 3.63) is 59.3 Å². The molecule has 1 fully saturated rings. The molecule has 2 amide bonds. The highest BCUT2D eigenvalue weighted by atomic mass is 32.2. The SMILES string of the molecule is CCCOc1ncc(S(=O)(=O)N2CCN(CC)CC2)cc1C(=O)Nc1c(C(N)=O)nn(Cc2ccccn2)c1CCC. The van der Waals surface area contributed by atoms with Gasteiger partial charge in [0.25, 0.3) is 11.8 Å². The summed E-state index contributed by atoms with van der Waals surface area (Å²) in [6.45, 7) is 9.18. The number of sulfonamides is 1. The van der Waals surface area contributed by atoms with Gasteiger partial charge in [-0.15, -0.1) is 0 Å². The number of anilines is 1. The number of piperazine rings is 1. The van der Waals surface area contributed by atoms with E-state index in [1.54, 1.807) is 16.9 Å². The van der Waals surface area contributed by atoms with Crippen LogP contribution in [0.3, 0.4) is 0 Å². The van der Waals surface area contributed by atoms with Crippen LogP contribution in [0.4, 0.5) is 5.69 Å². The zero-order valence-corrected chi connectivity index (χ0v) is 25.1. The summed E-state index contributed by atoms with van der Waals surface area (Å²) in [5.74, 6) is -1.52. The maximum Gasteiger partial charge on any atom is 0.271 e. The van der Waals surface area contributed by atoms with E-state index in [2.05, 4.69) is 25.3 Å². The molecule has 42 heavy (non-hydrogen) atoms. The summed E-state index contributed by atoms with van der Waals surface area (Å²) in [5, 5.41) is 7.19. The van der Waals surface area contributed by atoms with Crippen molar-refractivity contribution in [1.82, 2.24) is 29.0 Å². The molecule has 1 aliphatic rings. The second-order valence-corrected chi connectivity index (χ2v) is 11.9. The van der Waals surface area contributed by atoms with Gasteiger partial charge in [0.1, 0.15) is 10.5 Å². The lowest BCUT2D eigenvalue weighted by Gasteiger charge is -2.33. The summed E-state index contributed by atoms with van der Waals surface area (Å²) in [7, 11) is -3.92. The summed E-state index contributed by atoms with van der Waals surface area (Å²) in [4.78, 5) is 36.8. The molecule has 226 valence electrons. The van der Waals surface area contributed by atoms with Crippen molar-refractivity contribution in [1.29, 1.82) is 0 Å². The molecular weight excluding hydrogens is 560 g/mol. The van der Waals surface area contributed by atoms with Crippen molar-refractivity contribution in [2.45, 2.75) is 51.5 Å². The Labute approximate surface area is 246 Å². The van der Waals surface area contributed by atoms with E-state index in [1.165, 1.54) is 16.6 Å². The van der Waals surface area contributed by atoms with Gasteiger partial charge in [0.15, 0.2) is 5.69 Å². The molecule has 0 spiro atoms. The molecule has 3 N–H and O–H groups in total. The van der Waals surface area contributed by atoms with Gasteiger partial charge >= 0.3 is 0 Å². The topological polar surface area (TPSA) is 166 Å². The molecule has 0 atom stereocenters. The number of hydrogen-bond acceptors (Lipinski definition) is 9. The third-order valence-electron chi connectivity index (χ3n) is 6.98. The molecule has 0 saturated carbocycles. The molecule has 4 rings (SSSR count). The minimum absolute atomic E-state index is 0.0114. The number of aromatic nitrogens is 4. The van der Waals surface area contributed by atoms with Crippen molar-refractivity contribution in [3.63, 3.8) is 0 Å². The Balaban J connectivity index is 1.71. The van der Waals surface area contributed by atoms with E-state index in [9.17, 15) is 18.0 Å². The van der Waals surface area contributed by atoms with Crippen LogP contribution in [0.1, 0.15) is 65.8 Å². The van der Waals surface area contributed by atoms with Gasteiger partial charge in [-0.2, -0.15) is 9.40 Å².